The lowest BCUT2D eigenvalue weighted by molar-refractivity contribution is -0.149. The van der Waals surface area contributed by atoms with Gasteiger partial charge in [0.15, 0.2) is 0 Å². The molecule has 0 radical (unpaired) electrons. The van der Waals surface area contributed by atoms with Crippen molar-refractivity contribution in [1.29, 1.82) is 0 Å². The maximum absolute atomic E-state index is 12.4. The molecule has 0 unspecified atom stereocenters. The van der Waals surface area contributed by atoms with Gasteiger partial charge in [0.2, 0.25) is 5.91 Å². The normalized spacial score (nSPS) is 12.2. The summed E-state index contributed by atoms with van der Waals surface area (Å²) in [7, 11) is 0. The Kier molecular flexibility index (Phi) is 5.34. The zero-order valence-electron chi connectivity index (χ0n) is 12.5. The lowest BCUT2D eigenvalue weighted by Gasteiger charge is -2.29. The summed E-state index contributed by atoms with van der Waals surface area (Å²) in [4.78, 5) is 24.8. The number of thiophene rings is 1. The first-order valence-electron chi connectivity index (χ1n) is 6.86. The monoisotopic (exact) mass is 297 g/mol. The van der Waals surface area contributed by atoms with E-state index in [1.165, 1.54) is 11.3 Å². The molecule has 5 heteroatoms. The van der Waals surface area contributed by atoms with Crippen LogP contribution >= 0.6 is 11.3 Å². The SMILES string of the molecule is CCC(CC)(CNC(=O)C(C)(C)c1cccs1)C(=O)O. The topological polar surface area (TPSA) is 66.4 Å². The Labute approximate surface area is 124 Å². The van der Waals surface area contributed by atoms with E-state index in [1.54, 1.807) is 0 Å². The third kappa shape index (κ3) is 3.20. The molecule has 2 N–H and O–H groups in total. The molecule has 1 amide bonds. The molecule has 112 valence electrons. The van der Waals surface area contributed by atoms with Crippen molar-refractivity contribution >= 4 is 23.2 Å². The fourth-order valence-electron chi connectivity index (χ4n) is 2.09. The van der Waals surface area contributed by atoms with Crippen molar-refractivity contribution in [3.8, 4) is 0 Å². The Morgan fingerprint density at radius 3 is 2.30 bits per heavy atom. The van der Waals surface area contributed by atoms with E-state index in [1.807, 2.05) is 45.2 Å². The van der Waals surface area contributed by atoms with Crippen LogP contribution in [-0.2, 0) is 15.0 Å². The minimum absolute atomic E-state index is 0.132. The van der Waals surface area contributed by atoms with Crippen LogP contribution < -0.4 is 5.32 Å². The minimum atomic E-state index is -0.874. The summed E-state index contributed by atoms with van der Waals surface area (Å²) in [5.41, 5.74) is -1.51. The molecule has 0 fully saturated rings. The number of carbonyl (C=O) groups is 2. The van der Waals surface area contributed by atoms with Crippen LogP contribution in [0.25, 0.3) is 0 Å². The molecule has 1 aromatic rings. The maximum Gasteiger partial charge on any atom is 0.311 e. The molecule has 0 spiro atoms. The molecule has 20 heavy (non-hydrogen) atoms. The van der Waals surface area contributed by atoms with E-state index in [0.717, 1.165) is 4.88 Å². The Hall–Kier alpha value is -1.36. The number of nitrogens with one attached hydrogen (secondary N) is 1. The van der Waals surface area contributed by atoms with Crippen molar-refractivity contribution in [2.75, 3.05) is 6.54 Å². The van der Waals surface area contributed by atoms with Gasteiger partial charge in [-0.3, -0.25) is 9.59 Å². The number of carboxylic acid groups (broad SMARTS) is 1. The number of hydrogen-bond donors (Lipinski definition) is 2. The predicted octanol–water partition coefficient (Wildman–Crippen LogP) is 3.03. The van der Waals surface area contributed by atoms with Crippen molar-refractivity contribution in [2.24, 2.45) is 5.41 Å². The van der Waals surface area contributed by atoms with Crippen LogP contribution in [0.5, 0.6) is 0 Å². The van der Waals surface area contributed by atoms with Crippen LogP contribution in [0.3, 0.4) is 0 Å². The van der Waals surface area contributed by atoms with Gasteiger partial charge >= 0.3 is 5.97 Å². The van der Waals surface area contributed by atoms with E-state index < -0.39 is 16.8 Å². The second kappa shape index (κ2) is 6.39. The molecule has 0 aliphatic rings. The highest BCUT2D eigenvalue weighted by Gasteiger charge is 2.37. The molecule has 0 bridgehead atoms. The van der Waals surface area contributed by atoms with E-state index in [9.17, 15) is 14.7 Å². The number of rotatable bonds is 7. The summed E-state index contributed by atoms with van der Waals surface area (Å²) in [5.74, 6) is -0.982. The molecule has 1 aromatic heterocycles. The van der Waals surface area contributed by atoms with E-state index >= 15 is 0 Å². The highest BCUT2D eigenvalue weighted by molar-refractivity contribution is 7.10. The zero-order chi connectivity index (χ0) is 15.4. The standard InChI is InChI=1S/C15H23NO3S/c1-5-15(6-2,13(18)19)10-16-12(17)14(3,4)11-8-7-9-20-11/h7-9H,5-6,10H2,1-4H3,(H,16,17)(H,18,19). The van der Waals surface area contributed by atoms with Gasteiger partial charge in [-0.05, 0) is 38.1 Å². The van der Waals surface area contributed by atoms with E-state index in [2.05, 4.69) is 5.32 Å². The molecule has 0 aromatic carbocycles. The molecule has 4 nitrogen and oxygen atoms in total. The summed E-state index contributed by atoms with van der Waals surface area (Å²) in [5, 5.41) is 14.1. The van der Waals surface area contributed by atoms with Crippen molar-refractivity contribution in [2.45, 2.75) is 46.0 Å². The highest BCUT2D eigenvalue weighted by Crippen LogP contribution is 2.29. The number of carbonyl (C=O) groups excluding carboxylic acids is 1. The summed E-state index contributed by atoms with van der Waals surface area (Å²) < 4.78 is 0. The zero-order valence-corrected chi connectivity index (χ0v) is 13.3. The van der Waals surface area contributed by atoms with E-state index in [0.29, 0.717) is 12.8 Å². The molecule has 0 saturated carbocycles. The van der Waals surface area contributed by atoms with Gasteiger partial charge in [0, 0.05) is 11.4 Å². The van der Waals surface area contributed by atoms with Crippen LogP contribution in [-0.4, -0.2) is 23.5 Å². The van der Waals surface area contributed by atoms with Crippen molar-refractivity contribution in [3.05, 3.63) is 22.4 Å². The van der Waals surface area contributed by atoms with Crippen LogP contribution in [0.4, 0.5) is 0 Å². The molecule has 0 saturated heterocycles. The Morgan fingerprint density at radius 2 is 1.90 bits per heavy atom. The average Bonchev–Trinajstić information content (AvgIpc) is 2.94. The van der Waals surface area contributed by atoms with E-state index in [4.69, 9.17) is 0 Å². The van der Waals surface area contributed by atoms with Gasteiger partial charge in [0.25, 0.3) is 0 Å². The lowest BCUT2D eigenvalue weighted by atomic mass is 9.81. The quantitative estimate of drug-likeness (QED) is 0.813. The molecule has 1 rings (SSSR count). The molecule has 1 heterocycles. The molecule has 0 atom stereocenters. The predicted molar refractivity (Wildman–Crippen MR) is 81.0 cm³/mol. The van der Waals surface area contributed by atoms with Crippen LogP contribution in [0.1, 0.15) is 45.4 Å². The molecule has 0 aliphatic carbocycles. The summed E-state index contributed by atoms with van der Waals surface area (Å²) >= 11 is 1.53. The van der Waals surface area contributed by atoms with Gasteiger partial charge in [-0.25, -0.2) is 0 Å². The smallest absolute Gasteiger partial charge is 0.311 e. The molecular formula is C15H23NO3S. The lowest BCUT2D eigenvalue weighted by Crippen LogP contribution is -2.47. The van der Waals surface area contributed by atoms with Gasteiger partial charge in [-0.1, -0.05) is 19.9 Å². The third-order valence-electron chi connectivity index (χ3n) is 4.10. The fourth-order valence-corrected chi connectivity index (χ4v) is 2.94. The van der Waals surface area contributed by atoms with Crippen molar-refractivity contribution in [3.63, 3.8) is 0 Å². The first-order valence-corrected chi connectivity index (χ1v) is 7.74. The number of hydrogen-bond acceptors (Lipinski definition) is 3. The van der Waals surface area contributed by atoms with Gasteiger partial charge in [0.1, 0.15) is 0 Å². The number of carboxylic acids is 1. The first kappa shape index (κ1) is 16.7. The summed E-state index contributed by atoms with van der Waals surface area (Å²) in [6.45, 7) is 7.56. The number of aliphatic carboxylic acids is 1. The van der Waals surface area contributed by atoms with Crippen LogP contribution in [0.15, 0.2) is 17.5 Å². The van der Waals surface area contributed by atoms with Gasteiger partial charge < -0.3 is 10.4 Å². The van der Waals surface area contributed by atoms with Gasteiger partial charge in [-0.15, -0.1) is 11.3 Å². The van der Waals surface area contributed by atoms with Crippen LogP contribution in [0, 0.1) is 5.41 Å². The Balaban J connectivity index is 2.79. The fraction of sp³-hybridized carbons (Fsp3) is 0.600. The maximum atomic E-state index is 12.4. The number of amides is 1. The second-order valence-corrected chi connectivity index (χ2v) is 6.53. The third-order valence-corrected chi connectivity index (χ3v) is 5.29. The van der Waals surface area contributed by atoms with E-state index in [-0.39, 0.29) is 12.5 Å². The summed E-state index contributed by atoms with van der Waals surface area (Å²) in [6.07, 6.45) is 0.997. The van der Waals surface area contributed by atoms with Gasteiger partial charge in [-0.2, -0.15) is 0 Å². The molecular weight excluding hydrogens is 274 g/mol. The van der Waals surface area contributed by atoms with Crippen molar-refractivity contribution < 1.29 is 14.7 Å². The molecule has 0 aliphatic heterocycles. The minimum Gasteiger partial charge on any atom is -0.481 e. The Bertz CT molecular complexity index is 461. The van der Waals surface area contributed by atoms with Crippen molar-refractivity contribution in [1.82, 2.24) is 5.32 Å². The Morgan fingerprint density at radius 1 is 1.30 bits per heavy atom. The van der Waals surface area contributed by atoms with Gasteiger partial charge in [0.05, 0.1) is 10.8 Å². The first-order chi connectivity index (χ1) is 9.30. The largest absolute Gasteiger partial charge is 0.481 e. The average molecular weight is 297 g/mol. The summed E-state index contributed by atoms with van der Waals surface area (Å²) in [6, 6.07) is 3.84. The second-order valence-electron chi connectivity index (χ2n) is 5.58. The highest BCUT2D eigenvalue weighted by atomic mass is 32.1. The van der Waals surface area contributed by atoms with Crippen LogP contribution in [0.2, 0.25) is 0 Å².